The number of aromatic nitrogens is 2. The van der Waals surface area contributed by atoms with Crippen LogP contribution in [0.15, 0.2) is 41.4 Å². The van der Waals surface area contributed by atoms with Gasteiger partial charge in [-0.05, 0) is 29.9 Å². The quantitative estimate of drug-likeness (QED) is 0.770. The first-order valence-electron chi connectivity index (χ1n) is 7.93. The Kier molecular flexibility index (Phi) is 4.46. The summed E-state index contributed by atoms with van der Waals surface area (Å²) in [7, 11) is 2.17. The number of piperazine rings is 1. The van der Waals surface area contributed by atoms with E-state index in [-0.39, 0.29) is 0 Å². The van der Waals surface area contributed by atoms with Crippen LogP contribution in [0.3, 0.4) is 0 Å². The van der Waals surface area contributed by atoms with Crippen LogP contribution in [0.1, 0.15) is 0 Å². The third-order valence-electron chi connectivity index (χ3n) is 4.16. The summed E-state index contributed by atoms with van der Waals surface area (Å²) in [6.45, 7) is 4.31. The number of thiophene rings is 1. The van der Waals surface area contributed by atoms with Crippen molar-refractivity contribution < 1.29 is 0 Å². The highest BCUT2D eigenvalue weighted by Crippen LogP contribution is 2.32. The Bertz CT molecular complexity index is 791. The maximum Gasteiger partial charge on any atom is 0.188 e. The molecule has 5 nitrogen and oxygen atoms in total. The molecule has 0 atom stereocenters. The van der Waals surface area contributed by atoms with Crippen LogP contribution in [0, 0.1) is 0 Å². The zero-order chi connectivity index (χ0) is 16.4. The average Bonchev–Trinajstić information content (AvgIpc) is 3.27. The molecule has 7 heteroatoms. The van der Waals surface area contributed by atoms with Crippen LogP contribution in [-0.2, 0) is 0 Å². The summed E-state index contributed by atoms with van der Waals surface area (Å²) in [5.41, 5.74) is 2.44. The SMILES string of the molecule is CN1CCN(c2ccnc(Nc3ncc(-c4ccsc4)s3)c2)CC1. The summed E-state index contributed by atoms with van der Waals surface area (Å²) in [5.74, 6) is 0.845. The number of anilines is 3. The van der Waals surface area contributed by atoms with E-state index in [2.05, 4.69) is 61.1 Å². The Morgan fingerprint density at radius 2 is 2.00 bits per heavy atom. The molecular weight excluding hydrogens is 338 g/mol. The van der Waals surface area contributed by atoms with Gasteiger partial charge < -0.3 is 15.1 Å². The van der Waals surface area contributed by atoms with E-state index in [0.717, 1.165) is 37.1 Å². The highest BCUT2D eigenvalue weighted by Gasteiger charge is 2.15. The van der Waals surface area contributed by atoms with Gasteiger partial charge in [0, 0.05) is 55.9 Å². The Morgan fingerprint density at radius 3 is 2.79 bits per heavy atom. The second-order valence-corrected chi connectivity index (χ2v) is 7.67. The van der Waals surface area contributed by atoms with E-state index < -0.39 is 0 Å². The topological polar surface area (TPSA) is 44.3 Å². The Hall–Kier alpha value is -1.96. The van der Waals surface area contributed by atoms with Crippen molar-refractivity contribution in [2.24, 2.45) is 0 Å². The molecule has 0 saturated carbocycles. The van der Waals surface area contributed by atoms with Crippen molar-refractivity contribution in [2.75, 3.05) is 43.4 Å². The summed E-state index contributed by atoms with van der Waals surface area (Å²) < 4.78 is 0. The van der Waals surface area contributed by atoms with Gasteiger partial charge in [-0.15, -0.1) is 0 Å². The van der Waals surface area contributed by atoms with Gasteiger partial charge in [-0.1, -0.05) is 11.3 Å². The van der Waals surface area contributed by atoms with Gasteiger partial charge >= 0.3 is 0 Å². The van der Waals surface area contributed by atoms with E-state index in [1.165, 1.54) is 16.1 Å². The second-order valence-electron chi connectivity index (χ2n) is 5.86. The molecule has 0 aromatic carbocycles. The molecule has 0 radical (unpaired) electrons. The highest BCUT2D eigenvalue weighted by molar-refractivity contribution is 7.19. The Balaban J connectivity index is 1.48. The standard InChI is InChI=1S/C17H19N5S2/c1-21-5-7-22(8-6-21)14-2-4-18-16(10-14)20-17-19-11-15(24-17)13-3-9-23-12-13/h2-4,9-12H,5-8H2,1H3,(H,18,19,20). The fourth-order valence-electron chi connectivity index (χ4n) is 2.73. The molecule has 1 fully saturated rings. The largest absolute Gasteiger partial charge is 0.369 e. The molecule has 124 valence electrons. The molecular formula is C17H19N5S2. The van der Waals surface area contributed by atoms with Gasteiger partial charge in [-0.3, -0.25) is 0 Å². The van der Waals surface area contributed by atoms with Gasteiger partial charge in [-0.25, -0.2) is 9.97 Å². The van der Waals surface area contributed by atoms with Crippen LogP contribution in [0.4, 0.5) is 16.6 Å². The summed E-state index contributed by atoms with van der Waals surface area (Å²) in [6.07, 6.45) is 3.78. The molecule has 0 unspecified atom stereocenters. The van der Waals surface area contributed by atoms with E-state index in [1.807, 2.05) is 12.4 Å². The lowest BCUT2D eigenvalue weighted by Gasteiger charge is -2.34. The Labute approximate surface area is 149 Å². The van der Waals surface area contributed by atoms with Crippen molar-refractivity contribution in [3.05, 3.63) is 41.4 Å². The van der Waals surface area contributed by atoms with Crippen molar-refractivity contribution in [3.63, 3.8) is 0 Å². The lowest BCUT2D eigenvalue weighted by Crippen LogP contribution is -2.44. The van der Waals surface area contributed by atoms with Crippen LogP contribution < -0.4 is 10.2 Å². The van der Waals surface area contributed by atoms with Crippen LogP contribution in [0.2, 0.25) is 0 Å². The first kappa shape index (κ1) is 15.6. The molecule has 0 amide bonds. The van der Waals surface area contributed by atoms with Crippen molar-refractivity contribution in [3.8, 4) is 10.4 Å². The first-order chi connectivity index (χ1) is 11.8. The lowest BCUT2D eigenvalue weighted by atomic mass is 10.2. The minimum absolute atomic E-state index is 0.845. The van der Waals surface area contributed by atoms with E-state index in [4.69, 9.17) is 0 Å². The molecule has 4 heterocycles. The van der Waals surface area contributed by atoms with Crippen molar-refractivity contribution in [1.29, 1.82) is 0 Å². The van der Waals surface area contributed by atoms with Gasteiger partial charge in [0.25, 0.3) is 0 Å². The normalized spacial score (nSPS) is 15.6. The number of pyridine rings is 1. The average molecular weight is 358 g/mol. The molecule has 3 aromatic heterocycles. The maximum absolute atomic E-state index is 4.47. The smallest absolute Gasteiger partial charge is 0.188 e. The van der Waals surface area contributed by atoms with Gasteiger partial charge in [-0.2, -0.15) is 11.3 Å². The van der Waals surface area contributed by atoms with Crippen molar-refractivity contribution in [2.45, 2.75) is 0 Å². The summed E-state index contributed by atoms with van der Waals surface area (Å²) >= 11 is 3.35. The summed E-state index contributed by atoms with van der Waals surface area (Å²) in [5, 5.41) is 8.44. The second kappa shape index (κ2) is 6.88. The van der Waals surface area contributed by atoms with Gasteiger partial charge in [0.15, 0.2) is 5.13 Å². The van der Waals surface area contributed by atoms with E-state index >= 15 is 0 Å². The number of thiazole rings is 1. The molecule has 0 bridgehead atoms. The molecule has 4 rings (SSSR count). The number of hydrogen-bond acceptors (Lipinski definition) is 7. The summed E-state index contributed by atoms with van der Waals surface area (Å²) in [6, 6.07) is 6.31. The number of nitrogens with one attached hydrogen (secondary N) is 1. The molecule has 1 N–H and O–H groups in total. The van der Waals surface area contributed by atoms with Crippen LogP contribution in [-0.4, -0.2) is 48.1 Å². The lowest BCUT2D eigenvalue weighted by molar-refractivity contribution is 0.313. The van der Waals surface area contributed by atoms with E-state index in [1.54, 1.807) is 22.7 Å². The minimum atomic E-state index is 0.845. The number of likely N-dealkylation sites (N-methyl/N-ethyl adjacent to an activating group) is 1. The molecule has 0 aliphatic carbocycles. The maximum atomic E-state index is 4.47. The zero-order valence-corrected chi connectivity index (χ0v) is 15.1. The number of hydrogen-bond donors (Lipinski definition) is 1. The number of rotatable bonds is 4. The van der Waals surface area contributed by atoms with E-state index in [9.17, 15) is 0 Å². The van der Waals surface area contributed by atoms with Gasteiger partial charge in [0.1, 0.15) is 5.82 Å². The minimum Gasteiger partial charge on any atom is -0.369 e. The van der Waals surface area contributed by atoms with E-state index in [0.29, 0.717) is 0 Å². The van der Waals surface area contributed by atoms with Gasteiger partial charge in [0.05, 0.1) is 4.88 Å². The zero-order valence-electron chi connectivity index (χ0n) is 13.5. The van der Waals surface area contributed by atoms with Gasteiger partial charge in [0.2, 0.25) is 0 Å². The van der Waals surface area contributed by atoms with Crippen LogP contribution in [0.5, 0.6) is 0 Å². The highest BCUT2D eigenvalue weighted by atomic mass is 32.1. The van der Waals surface area contributed by atoms with Crippen molar-refractivity contribution in [1.82, 2.24) is 14.9 Å². The monoisotopic (exact) mass is 357 g/mol. The van der Waals surface area contributed by atoms with Crippen molar-refractivity contribution >= 4 is 39.3 Å². The molecule has 1 aliphatic heterocycles. The predicted molar refractivity (Wildman–Crippen MR) is 103 cm³/mol. The molecule has 0 spiro atoms. The fraction of sp³-hybridized carbons (Fsp3) is 0.294. The third-order valence-corrected chi connectivity index (χ3v) is 5.80. The third kappa shape index (κ3) is 3.43. The molecule has 24 heavy (non-hydrogen) atoms. The molecule has 1 saturated heterocycles. The summed E-state index contributed by atoms with van der Waals surface area (Å²) in [4.78, 5) is 14.9. The Morgan fingerprint density at radius 1 is 1.12 bits per heavy atom. The molecule has 3 aromatic rings. The first-order valence-corrected chi connectivity index (χ1v) is 9.69. The predicted octanol–water partition coefficient (Wildman–Crippen LogP) is 3.76. The molecule has 1 aliphatic rings. The van der Waals surface area contributed by atoms with Crippen LogP contribution >= 0.6 is 22.7 Å². The van der Waals surface area contributed by atoms with Crippen LogP contribution in [0.25, 0.3) is 10.4 Å². The number of nitrogens with zero attached hydrogens (tertiary/aromatic N) is 4. The fourth-order valence-corrected chi connectivity index (χ4v) is 4.28.